The van der Waals surface area contributed by atoms with Crippen molar-refractivity contribution in [3.63, 3.8) is 0 Å². The van der Waals surface area contributed by atoms with E-state index in [-0.39, 0.29) is 17.8 Å². The molecule has 5 heteroatoms. The smallest absolute Gasteiger partial charge is 0.339 e. The second-order valence-corrected chi connectivity index (χ2v) is 9.66. The molecule has 4 nitrogen and oxygen atoms in total. The zero-order valence-corrected chi connectivity index (χ0v) is 17.8. The fraction of sp³-hybridized carbons (Fsp3) is 0.375. The number of esters is 1. The Bertz CT molecular complexity index is 1060. The fourth-order valence-corrected chi connectivity index (χ4v) is 4.72. The van der Waals surface area contributed by atoms with Crippen molar-refractivity contribution < 1.29 is 14.3 Å². The number of Topliss-reactive ketones (excluding diaryl/α,β-unsaturated/α-hetero) is 1. The molecule has 1 aliphatic carbocycles. The predicted molar refractivity (Wildman–Crippen MR) is 116 cm³/mol. The van der Waals surface area contributed by atoms with E-state index in [1.54, 1.807) is 6.07 Å². The van der Waals surface area contributed by atoms with Gasteiger partial charge in [-0.2, -0.15) is 0 Å². The van der Waals surface area contributed by atoms with Crippen LogP contribution < -0.4 is 0 Å². The lowest BCUT2D eigenvalue weighted by Crippen LogP contribution is -2.29. The molecule has 2 heterocycles. The van der Waals surface area contributed by atoms with Crippen LogP contribution in [0, 0.1) is 11.3 Å². The molecule has 29 heavy (non-hydrogen) atoms. The van der Waals surface area contributed by atoms with Gasteiger partial charge < -0.3 is 4.74 Å². The summed E-state index contributed by atoms with van der Waals surface area (Å²) in [6, 6.07) is 11.3. The number of ether oxygens (including phenoxy) is 1. The van der Waals surface area contributed by atoms with Gasteiger partial charge in [0.05, 0.1) is 16.0 Å². The number of nitrogens with zero attached hydrogens (tertiary/aromatic N) is 1. The number of carbonyl (C=O) groups excluding carboxylic acids is 2. The van der Waals surface area contributed by atoms with Crippen LogP contribution in [0.25, 0.3) is 10.9 Å². The van der Waals surface area contributed by atoms with E-state index < -0.39 is 5.97 Å². The van der Waals surface area contributed by atoms with Gasteiger partial charge in [-0.25, -0.2) is 4.79 Å². The number of para-hydroxylation sites is 1. The number of rotatable bonds is 4. The lowest BCUT2D eigenvalue weighted by atomic mass is 9.70. The Hall–Kier alpha value is -2.53. The van der Waals surface area contributed by atoms with E-state index in [4.69, 9.17) is 9.72 Å². The van der Waals surface area contributed by atoms with E-state index in [0.717, 1.165) is 41.4 Å². The maximum atomic E-state index is 13.2. The quantitative estimate of drug-likeness (QED) is 0.424. The molecule has 0 saturated heterocycles. The first kappa shape index (κ1) is 19.8. The average Bonchev–Trinajstić information content (AvgIpc) is 3.23. The number of ketones is 1. The van der Waals surface area contributed by atoms with Gasteiger partial charge in [-0.1, -0.05) is 45.0 Å². The Kier molecular flexibility index (Phi) is 5.26. The molecule has 0 aliphatic heterocycles. The third-order valence-electron chi connectivity index (χ3n) is 5.82. The predicted octanol–water partition coefficient (Wildman–Crippen LogP) is 5.49. The van der Waals surface area contributed by atoms with Crippen LogP contribution in [-0.4, -0.2) is 23.3 Å². The summed E-state index contributed by atoms with van der Waals surface area (Å²) < 4.78 is 5.50. The molecule has 0 unspecified atom stereocenters. The molecule has 1 aromatic carbocycles. The highest BCUT2D eigenvalue weighted by Gasteiger charge is 2.33. The zero-order chi connectivity index (χ0) is 20.6. The van der Waals surface area contributed by atoms with Crippen LogP contribution in [-0.2, 0) is 17.6 Å². The summed E-state index contributed by atoms with van der Waals surface area (Å²) in [6.07, 6.45) is 2.73. The summed E-state index contributed by atoms with van der Waals surface area (Å²) in [7, 11) is 0. The Balaban J connectivity index is 1.70. The summed E-state index contributed by atoms with van der Waals surface area (Å²) in [4.78, 5) is 30.9. The van der Waals surface area contributed by atoms with Gasteiger partial charge in [0.25, 0.3) is 0 Å². The number of thiophene rings is 1. The van der Waals surface area contributed by atoms with E-state index in [1.807, 2.05) is 35.7 Å². The standard InChI is InChI=1S/C24H25NO3S/c1-24(2,3)15-10-11-19-17(13-15)22(16-7-4-5-8-18(16)25-19)23(27)28-14-20(26)21-9-6-12-29-21/h4-9,12,15H,10-11,13-14H2,1-3H3/t15-/m1/s1. The third-order valence-corrected chi connectivity index (χ3v) is 6.73. The highest BCUT2D eigenvalue weighted by molar-refractivity contribution is 7.12. The van der Waals surface area contributed by atoms with Crippen LogP contribution in [0.4, 0.5) is 0 Å². The number of carbonyl (C=O) groups is 2. The lowest BCUT2D eigenvalue weighted by Gasteiger charge is -2.35. The second-order valence-electron chi connectivity index (χ2n) is 8.71. The van der Waals surface area contributed by atoms with E-state index in [2.05, 4.69) is 20.8 Å². The molecule has 2 aromatic heterocycles. The number of aryl methyl sites for hydroxylation is 1. The Morgan fingerprint density at radius 2 is 1.97 bits per heavy atom. The second kappa shape index (κ2) is 7.71. The topological polar surface area (TPSA) is 56.3 Å². The summed E-state index contributed by atoms with van der Waals surface area (Å²) in [6.45, 7) is 6.49. The van der Waals surface area contributed by atoms with Gasteiger partial charge in [-0.15, -0.1) is 11.3 Å². The number of fused-ring (bicyclic) bond motifs is 2. The molecule has 0 saturated carbocycles. The highest BCUT2D eigenvalue weighted by Crippen LogP contribution is 2.39. The van der Waals surface area contributed by atoms with Crippen LogP contribution in [0.2, 0.25) is 0 Å². The number of benzene rings is 1. The Morgan fingerprint density at radius 3 is 2.69 bits per heavy atom. The molecule has 0 fully saturated rings. The minimum absolute atomic E-state index is 0.152. The molecule has 3 aromatic rings. The number of pyridine rings is 1. The Morgan fingerprint density at radius 1 is 1.17 bits per heavy atom. The minimum Gasteiger partial charge on any atom is -0.454 e. The van der Waals surface area contributed by atoms with Gasteiger partial charge in [-0.05, 0) is 53.7 Å². The first-order valence-electron chi connectivity index (χ1n) is 9.99. The molecule has 0 spiro atoms. The van der Waals surface area contributed by atoms with Gasteiger partial charge in [0, 0.05) is 11.1 Å². The normalized spacial score (nSPS) is 16.4. The zero-order valence-electron chi connectivity index (χ0n) is 17.0. The van der Waals surface area contributed by atoms with Crippen molar-refractivity contribution in [2.75, 3.05) is 6.61 Å². The summed E-state index contributed by atoms with van der Waals surface area (Å²) >= 11 is 1.36. The molecular weight excluding hydrogens is 382 g/mol. The van der Waals surface area contributed by atoms with E-state index in [9.17, 15) is 9.59 Å². The number of aromatic nitrogens is 1. The molecule has 0 amide bonds. The van der Waals surface area contributed by atoms with Crippen molar-refractivity contribution in [1.82, 2.24) is 4.98 Å². The van der Waals surface area contributed by atoms with E-state index >= 15 is 0 Å². The summed E-state index contributed by atoms with van der Waals surface area (Å²) in [5, 5.41) is 2.64. The van der Waals surface area contributed by atoms with Crippen molar-refractivity contribution in [1.29, 1.82) is 0 Å². The molecule has 0 bridgehead atoms. The van der Waals surface area contributed by atoms with Crippen LogP contribution in [0.1, 0.15) is 58.5 Å². The third kappa shape index (κ3) is 3.97. The largest absolute Gasteiger partial charge is 0.454 e. The van der Waals surface area contributed by atoms with Gasteiger partial charge in [-0.3, -0.25) is 9.78 Å². The maximum absolute atomic E-state index is 13.2. The van der Waals surface area contributed by atoms with Crippen molar-refractivity contribution in [2.24, 2.45) is 11.3 Å². The highest BCUT2D eigenvalue weighted by atomic mass is 32.1. The molecule has 150 valence electrons. The van der Waals surface area contributed by atoms with Crippen molar-refractivity contribution >= 4 is 34.0 Å². The lowest BCUT2D eigenvalue weighted by molar-refractivity contribution is 0.0475. The molecule has 0 N–H and O–H groups in total. The molecule has 1 atom stereocenters. The van der Waals surface area contributed by atoms with Gasteiger partial charge in [0.1, 0.15) is 0 Å². The molecule has 0 radical (unpaired) electrons. The Labute approximate surface area is 174 Å². The van der Waals surface area contributed by atoms with E-state index in [0.29, 0.717) is 16.4 Å². The van der Waals surface area contributed by atoms with Crippen molar-refractivity contribution in [3.8, 4) is 0 Å². The van der Waals surface area contributed by atoms with Crippen LogP contribution >= 0.6 is 11.3 Å². The van der Waals surface area contributed by atoms with Crippen LogP contribution in [0.5, 0.6) is 0 Å². The average molecular weight is 408 g/mol. The maximum Gasteiger partial charge on any atom is 0.339 e. The van der Waals surface area contributed by atoms with Crippen molar-refractivity contribution in [3.05, 3.63) is 63.5 Å². The fourth-order valence-electron chi connectivity index (χ4n) is 4.07. The molecule has 4 rings (SSSR count). The first-order chi connectivity index (χ1) is 13.8. The van der Waals surface area contributed by atoms with Crippen LogP contribution in [0.3, 0.4) is 0 Å². The monoisotopic (exact) mass is 407 g/mol. The van der Waals surface area contributed by atoms with Gasteiger partial charge >= 0.3 is 5.97 Å². The van der Waals surface area contributed by atoms with Gasteiger partial charge in [0.2, 0.25) is 5.78 Å². The molecular formula is C24H25NO3S. The van der Waals surface area contributed by atoms with Gasteiger partial charge in [0.15, 0.2) is 6.61 Å². The summed E-state index contributed by atoms with van der Waals surface area (Å²) in [5.41, 5.74) is 3.51. The first-order valence-corrected chi connectivity index (χ1v) is 10.9. The number of hydrogen-bond donors (Lipinski definition) is 0. The SMILES string of the molecule is CC(C)(C)[C@@H]1CCc2nc3ccccc3c(C(=O)OCC(=O)c3cccs3)c2C1. The van der Waals surface area contributed by atoms with Crippen LogP contribution in [0.15, 0.2) is 41.8 Å². The van der Waals surface area contributed by atoms with Crippen molar-refractivity contribution in [2.45, 2.75) is 40.0 Å². The summed E-state index contributed by atoms with van der Waals surface area (Å²) in [5.74, 6) is -0.135. The minimum atomic E-state index is -0.431. The molecule has 1 aliphatic rings. The van der Waals surface area contributed by atoms with E-state index in [1.165, 1.54) is 11.3 Å². The number of hydrogen-bond acceptors (Lipinski definition) is 5.